The summed E-state index contributed by atoms with van der Waals surface area (Å²) in [7, 11) is 0. The molecule has 1 aliphatic carbocycles. The molecule has 21 heavy (non-hydrogen) atoms. The van der Waals surface area contributed by atoms with Crippen molar-refractivity contribution in [2.45, 2.75) is 70.9 Å². The summed E-state index contributed by atoms with van der Waals surface area (Å²) in [5, 5.41) is 0. The predicted octanol–water partition coefficient (Wildman–Crippen LogP) is 2.56. The van der Waals surface area contributed by atoms with Gasteiger partial charge in [-0.25, -0.2) is 0 Å². The smallest absolute Gasteiger partial charge is 0.323 e. The Bertz CT molecular complexity index is 335. The van der Waals surface area contributed by atoms with Crippen LogP contribution in [-0.4, -0.2) is 42.6 Å². The number of esters is 1. The zero-order valence-corrected chi connectivity index (χ0v) is 13.7. The van der Waals surface area contributed by atoms with Gasteiger partial charge < -0.3 is 10.5 Å². The number of hydrogen-bond donors (Lipinski definition) is 1. The van der Waals surface area contributed by atoms with Crippen molar-refractivity contribution in [3.63, 3.8) is 0 Å². The van der Waals surface area contributed by atoms with Crippen molar-refractivity contribution in [1.82, 2.24) is 4.90 Å². The quantitative estimate of drug-likeness (QED) is 0.765. The standard InChI is InChI=1S/C17H32N2O2/c1-3-6-13-8-9-14(12-18)16(11-13)19-10-5-7-15(19)17(20)21-4-2/h13-16H,3-12,18H2,1-2H3. The Morgan fingerprint density at radius 1 is 1.29 bits per heavy atom. The molecule has 1 saturated carbocycles. The molecular formula is C17H32N2O2. The van der Waals surface area contributed by atoms with Crippen LogP contribution in [0.25, 0.3) is 0 Å². The third-order valence-corrected chi connectivity index (χ3v) is 5.34. The van der Waals surface area contributed by atoms with Crippen LogP contribution in [0.1, 0.15) is 58.8 Å². The summed E-state index contributed by atoms with van der Waals surface area (Å²) in [6.07, 6.45) is 8.37. The molecular weight excluding hydrogens is 264 g/mol. The number of ether oxygens (including phenoxy) is 1. The molecule has 0 radical (unpaired) electrons. The minimum atomic E-state index is -0.0246. The first-order valence-corrected chi connectivity index (χ1v) is 8.83. The summed E-state index contributed by atoms with van der Waals surface area (Å²) in [6, 6.07) is 0.460. The summed E-state index contributed by atoms with van der Waals surface area (Å²) >= 11 is 0. The van der Waals surface area contributed by atoms with E-state index in [9.17, 15) is 4.79 Å². The highest BCUT2D eigenvalue weighted by Gasteiger charge is 2.41. The summed E-state index contributed by atoms with van der Waals surface area (Å²) in [4.78, 5) is 14.6. The van der Waals surface area contributed by atoms with E-state index in [1.165, 1.54) is 32.1 Å². The fourth-order valence-electron chi connectivity index (χ4n) is 4.32. The van der Waals surface area contributed by atoms with Crippen molar-refractivity contribution in [3.05, 3.63) is 0 Å². The first-order valence-electron chi connectivity index (χ1n) is 8.83. The second-order valence-corrected chi connectivity index (χ2v) is 6.68. The Morgan fingerprint density at radius 2 is 2.10 bits per heavy atom. The van der Waals surface area contributed by atoms with Gasteiger partial charge in [0.15, 0.2) is 0 Å². The van der Waals surface area contributed by atoms with E-state index in [2.05, 4.69) is 11.8 Å². The van der Waals surface area contributed by atoms with Crippen LogP contribution >= 0.6 is 0 Å². The van der Waals surface area contributed by atoms with Crippen molar-refractivity contribution < 1.29 is 9.53 Å². The predicted molar refractivity (Wildman–Crippen MR) is 84.9 cm³/mol. The van der Waals surface area contributed by atoms with Crippen molar-refractivity contribution in [2.75, 3.05) is 19.7 Å². The first-order chi connectivity index (χ1) is 10.2. The highest BCUT2D eigenvalue weighted by Crippen LogP contribution is 2.37. The van der Waals surface area contributed by atoms with Gasteiger partial charge in [0.05, 0.1) is 6.61 Å². The summed E-state index contributed by atoms with van der Waals surface area (Å²) in [5.41, 5.74) is 6.02. The number of carbonyl (C=O) groups is 1. The Hall–Kier alpha value is -0.610. The van der Waals surface area contributed by atoms with E-state index in [1.807, 2.05) is 6.92 Å². The van der Waals surface area contributed by atoms with Gasteiger partial charge in [-0.05, 0) is 57.5 Å². The molecule has 4 atom stereocenters. The largest absolute Gasteiger partial charge is 0.465 e. The highest BCUT2D eigenvalue weighted by atomic mass is 16.5. The lowest BCUT2D eigenvalue weighted by Crippen LogP contribution is -2.51. The van der Waals surface area contributed by atoms with Crippen LogP contribution in [0.15, 0.2) is 0 Å². The third kappa shape index (κ3) is 3.98. The number of nitrogens with two attached hydrogens (primary N) is 1. The minimum absolute atomic E-state index is 0.0237. The van der Waals surface area contributed by atoms with Gasteiger partial charge in [0.25, 0.3) is 0 Å². The Labute approximate surface area is 129 Å². The van der Waals surface area contributed by atoms with Crippen molar-refractivity contribution >= 4 is 5.97 Å². The number of carbonyl (C=O) groups excluding carboxylic acids is 1. The normalized spacial score (nSPS) is 34.0. The molecule has 0 aromatic rings. The molecule has 2 rings (SSSR count). The van der Waals surface area contributed by atoms with Gasteiger partial charge in [0.1, 0.15) is 6.04 Å². The maximum absolute atomic E-state index is 12.2. The van der Waals surface area contributed by atoms with Gasteiger partial charge in [0.2, 0.25) is 0 Å². The van der Waals surface area contributed by atoms with Crippen molar-refractivity contribution in [3.8, 4) is 0 Å². The monoisotopic (exact) mass is 296 g/mol. The number of rotatable bonds is 6. The zero-order valence-electron chi connectivity index (χ0n) is 13.7. The van der Waals surface area contributed by atoms with Gasteiger partial charge in [0, 0.05) is 6.04 Å². The van der Waals surface area contributed by atoms with Gasteiger partial charge in [-0.3, -0.25) is 9.69 Å². The zero-order chi connectivity index (χ0) is 15.2. The maximum Gasteiger partial charge on any atom is 0.323 e. The molecule has 0 spiro atoms. The number of nitrogens with zero attached hydrogens (tertiary/aromatic N) is 1. The van der Waals surface area contributed by atoms with E-state index in [0.717, 1.165) is 31.8 Å². The van der Waals surface area contributed by atoms with Crippen LogP contribution in [0.5, 0.6) is 0 Å². The number of hydrogen-bond acceptors (Lipinski definition) is 4. The average Bonchev–Trinajstić information content (AvgIpc) is 2.97. The summed E-state index contributed by atoms with van der Waals surface area (Å²) in [5.74, 6) is 1.34. The Morgan fingerprint density at radius 3 is 2.76 bits per heavy atom. The average molecular weight is 296 g/mol. The third-order valence-electron chi connectivity index (χ3n) is 5.34. The molecule has 4 nitrogen and oxygen atoms in total. The fourth-order valence-corrected chi connectivity index (χ4v) is 4.32. The van der Waals surface area contributed by atoms with Gasteiger partial charge >= 0.3 is 5.97 Å². The first kappa shape index (κ1) is 16.8. The van der Waals surface area contributed by atoms with E-state index in [1.54, 1.807) is 0 Å². The molecule has 1 aliphatic heterocycles. The van der Waals surface area contributed by atoms with Crippen LogP contribution in [0, 0.1) is 11.8 Å². The van der Waals surface area contributed by atoms with E-state index < -0.39 is 0 Å². The number of likely N-dealkylation sites (tertiary alicyclic amines) is 1. The molecule has 2 N–H and O–H groups in total. The molecule has 2 fully saturated rings. The minimum Gasteiger partial charge on any atom is -0.465 e. The maximum atomic E-state index is 12.2. The molecule has 0 bridgehead atoms. The molecule has 1 heterocycles. The van der Waals surface area contributed by atoms with E-state index in [0.29, 0.717) is 18.6 Å². The molecule has 0 aromatic heterocycles. The highest BCUT2D eigenvalue weighted by molar-refractivity contribution is 5.76. The molecule has 0 amide bonds. The molecule has 2 aliphatic rings. The van der Waals surface area contributed by atoms with Crippen LogP contribution in [-0.2, 0) is 9.53 Å². The second-order valence-electron chi connectivity index (χ2n) is 6.68. The molecule has 0 aromatic carbocycles. The lowest BCUT2D eigenvalue weighted by Gasteiger charge is -2.42. The lowest BCUT2D eigenvalue weighted by molar-refractivity contribution is -0.150. The SMILES string of the molecule is CCCC1CCC(CN)C(N2CCCC2C(=O)OCC)C1. The Balaban J connectivity index is 2.05. The fraction of sp³-hybridized carbons (Fsp3) is 0.941. The van der Waals surface area contributed by atoms with Crippen LogP contribution in [0.4, 0.5) is 0 Å². The molecule has 4 heteroatoms. The van der Waals surface area contributed by atoms with Gasteiger partial charge in [-0.2, -0.15) is 0 Å². The molecule has 1 saturated heterocycles. The van der Waals surface area contributed by atoms with Crippen LogP contribution in [0.3, 0.4) is 0 Å². The van der Waals surface area contributed by atoms with E-state index >= 15 is 0 Å². The Kier molecular flexibility index (Phi) is 6.49. The molecule has 4 unspecified atom stereocenters. The van der Waals surface area contributed by atoms with Gasteiger partial charge in [-0.1, -0.05) is 26.2 Å². The van der Waals surface area contributed by atoms with Crippen LogP contribution < -0.4 is 5.73 Å². The summed E-state index contributed by atoms with van der Waals surface area (Å²) < 4.78 is 5.28. The topological polar surface area (TPSA) is 55.6 Å². The van der Waals surface area contributed by atoms with E-state index in [4.69, 9.17) is 10.5 Å². The van der Waals surface area contributed by atoms with Gasteiger partial charge in [-0.15, -0.1) is 0 Å². The van der Waals surface area contributed by atoms with Crippen LogP contribution in [0.2, 0.25) is 0 Å². The summed E-state index contributed by atoms with van der Waals surface area (Å²) in [6.45, 7) is 6.41. The lowest BCUT2D eigenvalue weighted by atomic mass is 9.75. The second kappa shape index (κ2) is 8.14. The van der Waals surface area contributed by atoms with E-state index in [-0.39, 0.29) is 12.0 Å². The van der Waals surface area contributed by atoms with Crippen molar-refractivity contribution in [1.29, 1.82) is 0 Å². The van der Waals surface area contributed by atoms with Crippen molar-refractivity contribution in [2.24, 2.45) is 17.6 Å². The molecule has 122 valence electrons.